The Morgan fingerprint density at radius 2 is 2.00 bits per heavy atom. The topological polar surface area (TPSA) is 92.2 Å². The number of nitrogens with zero attached hydrogens (tertiary/aromatic N) is 2. The molecule has 0 aliphatic carbocycles. The summed E-state index contributed by atoms with van der Waals surface area (Å²) in [6, 6.07) is 2.28. The third-order valence-electron chi connectivity index (χ3n) is 2.00. The Morgan fingerprint density at radius 1 is 1.47 bits per heavy atom. The maximum absolute atomic E-state index is 10.6. The van der Waals surface area contributed by atoms with Crippen LogP contribution in [0.25, 0.3) is 0 Å². The molecule has 82 valence electrons. The minimum absolute atomic E-state index is 0.185. The van der Waals surface area contributed by atoms with Crippen LogP contribution >= 0.6 is 0 Å². The molecule has 15 heavy (non-hydrogen) atoms. The smallest absolute Gasteiger partial charge is 0.275 e. The lowest BCUT2D eigenvalue weighted by molar-refractivity contribution is -0.385. The quantitative estimate of drug-likeness (QED) is 0.418. The van der Waals surface area contributed by atoms with Gasteiger partial charge in [-0.05, 0) is 0 Å². The molecule has 0 saturated heterocycles. The Hall–Kier alpha value is -1.85. The van der Waals surface area contributed by atoms with Gasteiger partial charge >= 0.3 is 0 Å². The highest BCUT2D eigenvalue weighted by atomic mass is 16.6. The van der Waals surface area contributed by atoms with Crippen molar-refractivity contribution in [3.8, 4) is 0 Å². The van der Waals surface area contributed by atoms with Crippen LogP contribution in [-0.2, 0) is 5.41 Å². The predicted molar refractivity (Wildman–Crippen MR) is 52.8 cm³/mol. The summed E-state index contributed by atoms with van der Waals surface area (Å²) in [5, 5.41) is 27.5. The number of pyridine rings is 1. The molecule has 1 aromatic heterocycles. The van der Waals surface area contributed by atoms with Gasteiger partial charge in [0.1, 0.15) is 0 Å². The molecule has 1 heterocycles. The zero-order valence-corrected chi connectivity index (χ0v) is 8.81. The molecule has 0 bridgehead atoms. The molecule has 0 amide bonds. The van der Waals surface area contributed by atoms with E-state index in [1.165, 1.54) is 6.07 Å². The normalized spacial score (nSPS) is 11.4. The molecule has 0 atom stereocenters. The van der Waals surface area contributed by atoms with E-state index in [0.29, 0.717) is 10.4 Å². The van der Waals surface area contributed by atoms with Crippen molar-refractivity contribution in [2.24, 2.45) is 0 Å². The number of rotatable bonds is 1. The molecule has 1 rings (SSSR count). The van der Waals surface area contributed by atoms with E-state index in [4.69, 9.17) is 5.41 Å². The number of aromatic nitrogens is 1. The molecule has 0 aromatic carbocycles. The fourth-order valence-corrected chi connectivity index (χ4v) is 1.21. The lowest BCUT2D eigenvalue weighted by Gasteiger charge is -2.20. The largest absolute Gasteiger partial charge is 0.427 e. The molecule has 0 spiro atoms. The van der Waals surface area contributed by atoms with Crippen LogP contribution in [0.4, 0.5) is 5.69 Å². The highest BCUT2D eigenvalue weighted by Crippen LogP contribution is 2.23. The van der Waals surface area contributed by atoms with Crippen LogP contribution in [0.15, 0.2) is 12.1 Å². The Kier molecular flexibility index (Phi) is 2.53. The van der Waals surface area contributed by atoms with E-state index < -0.39 is 10.3 Å². The summed E-state index contributed by atoms with van der Waals surface area (Å²) in [6.45, 7) is 5.41. The lowest BCUT2D eigenvalue weighted by atomic mass is 9.91. The summed E-state index contributed by atoms with van der Waals surface area (Å²) >= 11 is 0. The van der Waals surface area contributed by atoms with Crippen LogP contribution < -0.4 is 5.49 Å². The summed E-state index contributed by atoms with van der Waals surface area (Å²) in [4.78, 5) is 10.00. The van der Waals surface area contributed by atoms with Crippen molar-refractivity contribution in [1.29, 1.82) is 5.41 Å². The molecule has 6 nitrogen and oxygen atoms in total. The maximum atomic E-state index is 10.6. The third-order valence-corrected chi connectivity index (χ3v) is 2.00. The van der Waals surface area contributed by atoms with E-state index in [2.05, 4.69) is 0 Å². The molecule has 6 heteroatoms. The standard InChI is InChI=1S/C9H13N3O3/c1-9(2,3)7-4-6(12(14)15)5-8(10)11(7)13/h4-5,10,13H,1-3H3. The average molecular weight is 211 g/mol. The second-order valence-corrected chi connectivity index (χ2v) is 4.30. The van der Waals surface area contributed by atoms with Crippen molar-refractivity contribution in [2.75, 3.05) is 0 Å². The SMILES string of the molecule is CC(C)(C)c1cc([N+](=O)[O-])cc(=N)n1O. The molecule has 0 fully saturated rings. The Bertz CT molecular complexity index is 457. The molecule has 1 aromatic rings. The first-order valence-electron chi connectivity index (χ1n) is 4.39. The predicted octanol–water partition coefficient (Wildman–Crippen LogP) is 1.41. The molecule has 0 radical (unpaired) electrons. The van der Waals surface area contributed by atoms with Crippen LogP contribution in [0, 0.1) is 15.5 Å². The summed E-state index contributed by atoms with van der Waals surface area (Å²) < 4.78 is 0.660. The highest BCUT2D eigenvalue weighted by Gasteiger charge is 2.22. The molecular formula is C9H13N3O3. The second kappa shape index (κ2) is 3.38. The van der Waals surface area contributed by atoms with Crippen molar-refractivity contribution >= 4 is 5.69 Å². The van der Waals surface area contributed by atoms with Gasteiger partial charge in [-0.15, -0.1) is 0 Å². The van der Waals surface area contributed by atoms with Crippen molar-refractivity contribution in [3.63, 3.8) is 0 Å². The van der Waals surface area contributed by atoms with Crippen LogP contribution in [0.1, 0.15) is 26.5 Å². The Balaban J connectivity index is 3.52. The number of nitro groups is 1. The maximum Gasteiger partial charge on any atom is 0.275 e. The zero-order chi connectivity index (χ0) is 11.8. The van der Waals surface area contributed by atoms with Crippen molar-refractivity contribution in [1.82, 2.24) is 4.73 Å². The minimum Gasteiger partial charge on any atom is -0.427 e. The summed E-state index contributed by atoms with van der Waals surface area (Å²) in [5.41, 5.74) is -0.609. The second-order valence-electron chi connectivity index (χ2n) is 4.30. The van der Waals surface area contributed by atoms with Gasteiger partial charge in [0.2, 0.25) is 0 Å². The van der Waals surface area contributed by atoms with Gasteiger partial charge in [-0.1, -0.05) is 20.8 Å². The Labute approximate surface area is 86.4 Å². The van der Waals surface area contributed by atoms with E-state index in [9.17, 15) is 15.3 Å². The van der Waals surface area contributed by atoms with E-state index >= 15 is 0 Å². The van der Waals surface area contributed by atoms with Gasteiger partial charge < -0.3 is 5.21 Å². The number of nitrogens with one attached hydrogen (secondary N) is 1. The van der Waals surface area contributed by atoms with Gasteiger partial charge in [0, 0.05) is 11.5 Å². The monoisotopic (exact) mass is 211 g/mol. The first kappa shape index (κ1) is 11.2. The molecule has 2 N–H and O–H groups in total. The van der Waals surface area contributed by atoms with Crippen LogP contribution in [-0.4, -0.2) is 14.9 Å². The number of hydrogen-bond acceptors (Lipinski definition) is 4. The van der Waals surface area contributed by atoms with Gasteiger partial charge in [0.05, 0.1) is 16.7 Å². The molecule has 0 aliphatic rings. The first-order chi connectivity index (χ1) is 6.73. The highest BCUT2D eigenvalue weighted by molar-refractivity contribution is 5.32. The van der Waals surface area contributed by atoms with Crippen molar-refractivity contribution < 1.29 is 10.1 Å². The van der Waals surface area contributed by atoms with Gasteiger partial charge in [-0.3, -0.25) is 15.5 Å². The van der Waals surface area contributed by atoms with Gasteiger partial charge in [-0.2, -0.15) is 4.73 Å². The fourth-order valence-electron chi connectivity index (χ4n) is 1.21. The van der Waals surface area contributed by atoms with Crippen molar-refractivity contribution in [2.45, 2.75) is 26.2 Å². The third kappa shape index (κ3) is 2.15. The van der Waals surface area contributed by atoms with Gasteiger partial charge in [0.25, 0.3) is 5.69 Å². The molecule has 0 unspecified atom stereocenters. The van der Waals surface area contributed by atoms with Crippen molar-refractivity contribution in [3.05, 3.63) is 33.4 Å². The van der Waals surface area contributed by atoms with E-state index in [1.54, 1.807) is 20.8 Å². The molecular weight excluding hydrogens is 198 g/mol. The summed E-state index contributed by atoms with van der Waals surface area (Å²) in [5.74, 6) is 0. The summed E-state index contributed by atoms with van der Waals surface area (Å²) in [7, 11) is 0. The fraction of sp³-hybridized carbons (Fsp3) is 0.444. The summed E-state index contributed by atoms with van der Waals surface area (Å²) in [6.07, 6.45) is 0. The molecule has 0 saturated carbocycles. The van der Waals surface area contributed by atoms with Crippen LogP contribution in [0.2, 0.25) is 0 Å². The molecule has 0 aliphatic heterocycles. The van der Waals surface area contributed by atoms with Crippen LogP contribution in [0.5, 0.6) is 0 Å². The Morgan fingerprint density at radius 3 is 2.40 bits per heavy atom. The van der Waals surface area contributed by atoms with E-state index in [1.807, 2.05) is 0 Å². The number of hydrogen-bond donors (Lipinski definition) is 2. The zero-order valence-electron chi connectivity index (χ0n) is 8.81. The van der Waals surface area contributed by atoms with E-state index in [-0.39, 0.29) is 11.2 Å². The average Bonchev–Trinajstić information content (AvgIpc) is 2.06. The first-order valence-corrected chi connectivity index (χ1v) is 4.39. The minimum atomic E-state index is -0.576. The van der Waals surface area contributed by atoms with Gasteiger partial charge in [-0.25, -0.2) is 0 Å². The van der Waals surface area contributed by atoms with E-state index in [0.717, 1.165) is 6.07 Å². The van der Waals surface area contributed by atoms with Gasteiger partial charge in [0.15, 0.2) is 5.49 Å². The van der Waals surface area contributed by atoms with Crippen LogP contribution in [0.3, 0.4) is 0 Å². The lowest BCUT2D eigenvalue weighted by Crippen LogP contribution is -2.28.